The minimum atomic E-state index is -0.0761. The molecule has 2 heteroatoms. The van der Waals surface area contributed by atoms with Crippen molar-refractivity contribution in [3.63, 3.8) is 0 Å². The van der Waals surface area contributed by atoms with Crippen molar-refractivity contribution in [2.75, 3.05) is 11.9 Å². The van der Waals surface area contributed by atoms with Crippen LogP contribution in [0.5, 0.6) is 0 Å². The van der Waals surface area contributed by atoms with Gasteiger partial charge in [0, 0.05) is 12.2 Å². The largest absolute Gasteiger partial charge is 0.383 e. The lowest BCUT2D eigenvalue weighted by molar-refractivity contribution is 0.710. The van der Waals surface area contributed by atoms with Gasteiger partial charge in [0.15, 0.2) is 0 Å². The molecule has 1 aliphatic carbocycles. The van der Waals surface area contributed by atoms with Crippen LogP contribution in [0, 0.1) is 23.7 Å². The number of nitriles is 1. The molecule has 1 aromatic carbocycles. The van der Waals surface area contributed by atoms with Crippen LogP contribution in [0.15, 0.2) is 18.2 Å². The molecule has 1 aliphatic rings. The van der Waals surface area contributed by atoms with E-state index in [4.69, 9.17) is 5.26 Å². The Morgan fingerprint density at radius 1 is 1.44 bits per heavy atom. The van der Waals surface area contributed by atoms with E-state index in [9.17, 15) is 0 Å². The van der Waals surface area contributed by atoms with Gasteiger partial charge in [-0.3, -0.25) is 0 Å². The number of benzene rings is 1. The first-order valence-corrected chi connectivity index (χ1v) is 5.94. The van der Waals surface area contributed by atoms with Crippen molar-refractivity contribution in [3.8, 4) is 6.07 Å². The Morgan fingerprint density at radius 3 is 2.75 bits per heavy atom. The van der Waals surface area contributed by atoms with Crippen molar-refractivity contribution >= 4 is 5.69 Å². The van der Waals surface area contributed by atoms with E-state index in [0.717, 1.165) is 25.8 Å². The molecule has 0 saturated heterocycles. The number of hydrogen-bond donors (Lipinski definition) is 1. The van der Waals surface area contributed by atoms with E-state index < -0.39 is 0 Å². The first-order chi connectivity index (χ1) is 7.71. The molecular weight excluding hydrogens is 196 g/mol. The summed E-state index contributed by atoms with van der Waals surface area (Å²) in [4.78, 5) is 0. The summed E-state index contributed by atoms with van der Waals surface area (Å²) >= 11 is 0. The highest BCUT2D eigenvalue weighted by Crippen LogP contribution is 2.45. The van der Waals surface area contributed by atoms with Gasteiger partial charge < -0.3 is 5.32 Å². The smallest absolute Gasteiger partial charge is 0.0747 e. The van der Waals surface area contributed by atoms with E-state index in [1.54, 1.807) is 0 Å². The van der Waals surface area contributed by atoms with E-state index in [1.807, 2.05) is 0 Å². The van der Waals surface area contributed by atoms with Crippen molar-refractivity contribution in [3.05, 3.63) is 29.3 Å². The van der Waals surface area contributed by atoms with Crippen molar-refractivity contribution < 1.29 is 0 Å². The molecule has 0 heterocycles. The van der Waals surface area contributed by atoms with Gasteiger partial charge in [0.05, 0.1) is 11.5 Å². The quantitative estimate of drug-likeness (QED) is 0.835. The Balaban J connectivity index is 2.12. The molecule has 2 nitrogen and oxygen atoms in total. The van der Waals surface area contributed by atoms with Crippen LogP contribution in [0.1, 0.15) is 30.9 Å². The molecule has 2 rings (SSSR count). The number of hydrogen-bond acceptors (Lipinski definition) is 2. The molecule has 0 amide bonds. The SMILES string of the molecule is CCc1cccc(C)c1NCC1(C#N)CC1. The van der Waals surface area contributed by atoms with Gasteiger partial charge in [0.2, 0.25) is 0 Å². The highest BCUT2D eigenvalue weighted by Gasteiger charge is 2.42. The highest BCUT2D eigenvalue weighted by molar-refractivity contribution is 5.57. The van der Waals surface area contributed by atoms with E-state index >= 15 is 0 Å². The fourth-order valence-electron chi connectivity index (χ4n) is 2.01. The second-order valence-corrected chi connectivity index (χ2v) is 4.71. The topological polar surface area (TPSA) is 35.8 Å². The summed E-state index contributed by atoms with van der Waals surface area (Å²) < 4.78 is 0. The molecule has 1 fully saturated rings. The van der Waals surface area contributed by atoms with Crippen LogP contribution in [0.25, 0.3) is 0 Å². The maximum Gasteiger partial charge on any atom is 0.0747 e. The summed E-state index contributed by atoms with van der Waals surface area (Å²) in [6.45, 7) is 5.08. The van der Waals surface area contributed by atoms with Gasteiger partial charge in [0.1, 0.15) is 0 Å². The van der Waals surface area contributed by atoms with Crippen LogP contribution in [0.2, 0.25) is 0 Å². The predicted molar refractivity (Wildman–Crippen MR) is 66.3 cm³/mol. The number of anilines is 1. The molecule has 1 aromatic rings. The zero-order valence-corrected chi connectivity index (χ0v) is 10.0. The normalized spacial score (nSPS) is 16.6. The Morgan fingerprint density at radius 2 is 2.19 bits per heavy atom. The van der Waals surface area contributed by atoms with Crippen LogP contribution in [0.3, 0.4) is 0 Å². The van der Waals surface area contributed by atoms with Crippen LogP contribution < -0.4 is 5.32 Å². The van der Waals surface area contributed by atoms with E-state index in [2.05, 4.69) is 43.4 Å². The first-order valence-electron chi connectivity index (χ1n) is 5.94. The second-order valence-electron chi connectivity index (χ2n) is 4.71. The molecule has 0 atom stereocenters. The second kappa shape index (κ2) is 4.17. The predicted octanol–water partition coefficient (Wildman–Crippen LogP) is 3.27. The van der Waals surface area contributed by atoms with Gasteiger partial charge >= 0.3 is 0 Å². The molecule has 0 unspecified atom stereocenters. The molecular formula is C14H18N2. The maximum atomic E-state index is 9.04. The van der Waals surface area contributed by atoms with Crippen LogP contribution in [-0.2, 0) is 6.42 Å². The molecule has 16 heavy (non-hydrogen) atoms. The van der Waals surface area contributed by atoms with E-state index in [1.165, 1.54) is 16.8 Å². The number of nitrogens with zero attached hydrogens (tertiary/aromatic N) is 1. The summed E-state index contributed by atoms with van der Waals surface area (Å²) in [7, 11) is 0. The third-order valence-corrected chi connectivity index (χ3v) is 3.43. The Labute approximate surface area is 97.3 Å². The Bertz CT molecular complexity index is 425. The number of para-hydroxylation sites is 1. The molecule has 1 saturated carbocycles. The van der Waals surface area contributed by atoms with Gasteiger partial charge in [-0.05, 0) is 37.3 Å². The summed E-state index contributed by atoms with van der Waals surface area (Å²) in [6, 6.07) is 8.78. The van der Waals surface area contributed by atoms with Crippen LogP contribution >= 0.6 is 0 Å². The summed E-state index contributed by atoms with van der Waals surface area (Å²) in [5, 5.41) is 12.5. The summed E-state index contributed by atoms with van der Waals surface area (Å²) in [5.41, 5.74) is 3.76. The lowest BCUT2D eigenvalue weighted by atomic mass is 10.0. The van der Waals surface area contributed by atoms with E-state index in [0.29, 0.717) is 0 Å². The lowest BCUT2D eigenvalue weighted by Gasteiger charge is -2.15. The molecule has 0 bridgehead atoms. The van der Waals surface area contributed by atoms with Crippen molar-refractivity contribution in [2.45, 2.75) is 33.1 Å². The summed E-state index contributed by atoms with van der Waals surface area (Å²) in [6.07, 6.45) is 3.12. The summed E-state index contributed by atoms with van der Waals surface area (Å²) in [5.74, 6) is 0. The lowest BCUT2D eigenvalue weighted by Crippen LogP contribution is -2.15. The average molecular weight is 214 g/mol. The zero-order chi connectivity index (χ0) is 11.6. The number of aryl methyl sites for hydroxylation is 2. The standard InChI is InChI=1S/C14H18N2/c1-3-12-6-4-5-11(2)13(12)16-10-14(9-15)7-8-14/h4-6,16H,3,7-8,10H2,1-2H3. The average Bonchev–Trinajstić information content (AvgIpc) is 3.08. The zero-order valence-electron chi connectivity index (χ0n) is 10.0. The third kappa shape index (κ3) is 2.04. The first kappa shape index (κ1) is 11.0. The minimum Gasteiger partial charge on any atom is -0.383 e. The molecule has 0 aromatic heterocycles. The van der Waals surface area contributed by atoms with Crippen molar-refractivity contribution in [1.29, 1.82) is 5.26 Å². The van der Waals surface area contributed by atoms with Gasteiger partial charge in [-0.15, -0.1) is 0 Å². The number of rotatable bonds is 4. The van der Waals surface area contributed by atoms with Crippen LogP contribution in [-0.4, -0.2) is 6.54 Å². The third-order valence-electron chi connectivity index (χ3n) is 3.43. The molecule has 0 aliphatic heterocycles. The fourth-order valence-corrected chi connectivity index (χ4v) is 2.01. The Kier molecular flexibility index (Phi) is 2.87. The molecule has 0 spiro atoms. The Hall–Kier alpha value is -1.49. The monoisotopic (exact) mass is 214 g/mol. The molecule has 84 valence electrons. The van der Waals surface area contributed by atoms with Gasteiger partial charge in [-0.2, -0.15) is 5.26 Å². The van der Waals surface area contributed by atoms with Crippen molar-refractivity contribution in [2.24, 2.45) is 5.41 Å². The fraction of sp³-hybridized carbons (Fsp3) is 0.500. The number of nitrogens with one attached hydrogen (secondary N) is 1. The van der Waals surface area contributed by atoms with Crippen LogP contribution in [0.4, 0.5) is 5.69 Å². The minimum absolute atomic E-state index is 0.0761. The molecule has 0 radical (unpaired) electrons. The van der Waals surface area contributed by atoms with Crippen molar-refractivity contribution in [1.82, 2.24) is 0 Å². The van der Waals surface area contributed by atoms with Gasteiger partial charge in [-0.1, -0.05) is 25.1 Å². The van der Waals surface area contributed by atoms with Gasteiger partial charge in [-0.25, -0.2) is 0 Å². The molecule has 1 N–H and O–H groups in total. The maximum absolute atomic E-state index is 9.04. The highest BCUT2D eigenvalue weighted by atomic mass is 14.9. The van der Waals surface area contributed by atoms with E-state index in [-0.39, 0.29) is 5.41 Å². The van der Waals surface area contributed by atoms with Gasteiger partial charge in [0.25, 0.3) is 0 Å².